The number of primary amides is 1. The molecule has 2 fully saturated rings. The van der Waals surface area contributed by atoms with Crippen molar-refractivity contribution in [2.75, 3.05) is 6.54 Å². The summed E-state index contributed by atoms with van der Waals surface area (Å²) in [6.07, 6.45) is 0.780. The molecule has 1 aromatic carbocycles. The molecule has 9 nitrogen and oxygen atoms in total. The largest absolute Gasteiger partial charge is 0.470 e. The number of nitrogens with zero attached hydrogens (tertiary/aromatic N) is 2. The number of rotatable bonds is 5. The minimum atomic E-state index is -4.47. The summed E-state index contributed by atoms with van der Waals surface area (Å²) in [5, 5.41) is 0.737. The first-order valence-electron chi connectivity index (χ1n) is 6.95. The number of benzene rings is 1. The van der Waals surface area contributed by atoms with Crippen LogP contribution in [0.4, 0.5) is 4.79 Å². The molecule has 10 heteroatoms. The van der Waals surface area contributed by atoms with Crippen molar-refractivity contribution in [2.24, 2.45) is 5.73 Å². The van der Waals surface area contributed by atoms with Crippen molar-refractivity contribution < 1.29 is 26.5 Å². The van der Waals surface area contributed by atoms with Gasteiger partial charge in [-0.15, -0.1) is 4.28 Å². The van der Waals surface area contributed by atoms with E-state index in [9.17, 15) is 18.0 Å². The Bertz CT molecular complexity index is 722. The van der Waals surface area contributed by atoms with E-state index in [0.717, 1.165) is 5.06 Å². The molecule has 0 aliphatic carbocycles. The molecular weight excluding hydrogens is 326 g/mol. The highest BCUT2D eigenvalue weighted by molar-refractivity contribution is 7.82. The minimum Gasteiger partial charge on any atom is -0.368 e. The number of hydrogen-bond donors (Lipinski definition) is 1. The van der Waals surface area contributed by atoms with Crippen molar-refractivity contribution in [3.05, 3.63) is 30.3 Å². The zero-order valence-electron chi connectivity index (χ0n) is 12.0. The maximum atomic E-state index is 12.2. The SMILES string of the molecule is NC(=O)C1CCC2CN1C(=O)N2OS(=O)(=O)Oc1ccccc1. The van der Waals surface area contributed by atoms with Gasteiger partial charge in [-0.05, 0) is 25.0 Å². The molecule has 124 valence electrons. The van der Waals surface area contributed by atoms with Crippen LogP contribution in [-0.4, -0.2) is 48.9 Å². The van der Waals surface area contributed by atoms with Crippen molar-refractivity contribution in [3.63, 3.8) is 0 Å². The molecule has 2 saturated heterocycles. The molecule has 3 rings (SSSR count). The second-order valence-electron chi connectivity index (χ2n) is 5.29. The number of nitrogens with two attached hydrogens (primary N) is 1. The first-order chi connectivity index (χ1) is 10.9. The quantitative estimate of drug-likeness (QED) is 0.805. The van der Waals surface area contributed by atoms with Gasteiger partial charge in [0.15, 0.2) is 0 Å². The predicted octanol–water partition coefficient (Wildman–Crippen LogP) is -0.00430. The number of carbonyl (C=O) groups excluding carboxylic acids is 2. The highest BCUT2D eigenvalue weighted by Crippen LogP contribution is 2.30. The highest BCUT2D eigenvalue weighted by atomic mass is 32.3. The van der Waals surface area contributed by atoms with Crippen molar-refractivity contribution >= 4 is 22.3 Å². The topological polar surface area (TPSA) is 119 Å². The number of fused-ring (bicyclic) bond motifs is 2. The van der Waals surface area contributed by atoms with Gasteiger partial charge in [0.05, 0.1) is 6.04 Å². The van der Waals surface area contributed by atoms with Crippen LogP contribution < -0.4 is 9.92 Å². The molecule has 2 heterocycles. The smallest absolute Gasteiger partial charge is 0.368 e. The summed E-state index contributed by atoms with van der Waals surface area (Å²) in [5.74, 6) is -0.556. The monoisotopic (exact) mass is 341 g/mol. The Morgan fingerprint density at radius 3 is 2.57 bits per heavy atom. The van der Waals surface area contributed by atoms with Crippen LogP contribution in [0.1, 0.15) is 12.8 Å². The molecule has 2 aliphatic heterocycles. The lowest BCUT2D eigenvalue weighted by Gasteiger charge is -2.27. The number of hydrogen-bond acceptors (Lipinski definition) is 6. The Hall–Kier alpha value is -2.33. The molecule has 2 aliphatic rings. The van der Waals surface area contributed by atoms with E-state index in [1.807, 2.05) is 0 Å². The standard InChI is InChI=1S/C13H15N3O6S/c14-12(17)11-7-6-9-8-15(11)13(18)16(9)22-23(19,20)21-10-4-2-1-3-5-10/h1-5,9,11H,6-8H2,(H2,14,17). The Balaban J connectivity index is 1.73. The van der Waals surface area contributed by atoms with Crippen LogP contribution >= 0.6 is 0 Å². The fourth-order valence-corrected chi connectivity index (χ4v) is 3.49. The molecule has 2 N–H and O–H groups in total. The van der Waals surface area contributed by atoms with Crippen LogP contribution in [0.5, 0.6) is 5.75 Å². The van der Waals surface area contributed by atoms with Gasteiger partial charge in [0, 0.05) is 6.54 Å². The lowest BCUT2D eigenvalue weighted by molar-refractivity contribution is -0.122. The molecular formula is C13H15N3O6S. The van der Waals surface area contributed by atoms with E-state index in [1.54, 1.807) is 18.2 Å². The van der Waals surface area contributed by atoms with E-state index in [1.165, 1.54) is 17.0 Å². The van der Waals surface area contributed by atoms with E-state index in [0.29, 0.717) is 12.8 Å². The Labute approximate surface area is 132 Å². The normalized spacial score (nSPS) is 23.9. The predicted molar refractivity (Wildman–Crippen MR) is 77.0 cm³/mol. The van der Waals surface area contributed by atoms with Crippen molar-refractivity contribution in [1.29, 1.82) is 0 Å². The van der Waals surface area contributed by atoms with Crippen LogP contribution in [0.2, 0.25) is 0 Å². The number of hydroxylamine groups is 2. The van der Waals surface area contributed by atoms with Crippen LogP contribution in [0, 0.1) is 0 Å². The van der Waals surface area contributed by atoms with Crippen LogP contribution in [0.25, 0.3) is 0 Å². The molecule has 0 aromatic heterocycles. The molecule has 0 spiro atoms. The van der Waals surface area contributed by atoms with Crippen LogP contribution in [-0.2, 0) is 19.5 Å². The molecule has 2 unspecified atom stereocenters. The number of urea groups is 1. The van der Waals surface area contributed by atoms with E-state index in [2.05, 4.69) is 0 Å². The molecule has 3 amide bonds. The average molecular weight is 341 g/mol. The molecule has 0 saturated carbocycles. The maximum absolute atomic E-state index is 12.2. The zero-order valence-corrected chi connectivity index (χ0v) is 12.8. The van der Waals surface area contributed by atoms with Gasteiger partial charge >= 0.3 is 16.4 Å². The summed E-state index contributed by atoms with van der Waals surface area (Å²) < 4.78 is 33.5. The molecule has 2 bridgehead atoms. The number of para-hydroxylation sites is 1. The third kappa shape index (κ3) is 3.08. The first kappa shape index (κ1) is 15.6. The fourth-order valence-electron chi connectivity index (χ4n) is 2.73. The van der Waals surface area contributed by atoms with Gasteiger partial charge < -0.3 is 14.8 Å². The minimum absolute atomic E-state index is 0.0671. The van der Waals surface area contributed by atoms with Gasteiger partial charge in [0.1, 0.15) is 11.8 Å². The summed E-state index contributed by atoms with van der Waals surface area (Å²) in [7, 11) is -4.47. The lowest BCUT2D eigenvalue weighted by Crippen LogP contribution is -2.47. The van der Waals surface area contributed by atoms with Gasteiger partial charge in [-0.25, -0.2) is 4.79 Å². The van der Waals surface area contributed by atoms with Crippen molar-refractivity contribution in [1.82, 2.24) is 9.96 Å². The van der Waals surface area contributed by atoms with Gasteiger partial charge in [-0.1, -0.05) is 18.2 Å². The van der Waals surface area contributed by atoms with Crippen LogP contribution in [0.3, 0.4) is 0 Å². The molecule has 2 atom stereocenters. The second kappa shape index (κ2) is 5.70. The summed E-state index contributed by atoms with van der Waals surface area (Å²) in [6, 6.07) is 5.86. The Morgan fingerprint density at radius 2 is 1.91 bits per heavy atom. The van der Waals surface area contributed by atoms with E-state index >= 15 is 0 Å². The fraction of sp³-hybridized carbons (Fsp3) is 0.385. The Kier molecular flexibility index (Phi) is 3.86. The highest BCUT2D eigenvalue weighted by Gasteiger charge is 2.49. The van der Waals surface area contributed by atoms with Gasteiger partial charge in [-0.3, -0.25) is 4.79 Å². The average Bonchev–Trinajstić information content (AvgIpc) is 2.72. The molecule has 23 heavy (non-hydrogen) atoms. The zero-order chi connectivity index (χ0) is 16.6. The number of amides is 3. The van der Waals surface area contributed by atoms with E-state index < -0.39 is 34.4 Å². The summed E-state index contributed by atoms with van der Waals surface area (Å²) in [6.45, 7) is 0.188. The van der Waals surface area contributed by atoms with Crippen molar-refractivity contribution in [3.8, 4) is 5.75 Å². The van der Waals surface area contributed by atoms with Crippen molar-refractivity contribution in [2.45, 2.75) is 24.9 Å². The third-order valence-electron chi connectivity index (χ3n) is 3.76. The number of piperidine rings is 1. The molecule has 1 aromatic rings. The Morgan fingerprint density at radius 1 is 1.22 bits per heavy atom. The summed E-state index contributed by atoms with van der Waals surface area (Å²) in [5.41, 5.74) is 5.25. The number of carbonyl (C=O) groups is 2. The lowest BCUT2D eigenvalue weighted by atomic mass is 10.0. The maximum Gasteiger partial charge on any atom is 0.470 e. The van der Waals surface area contributed by atoms with E-state index in [4.69, 9.17) is 14.2 Å². The van der Waals surface area contributed by atoms with Gasteiger partial charge in [-0.2, -0.15) is 13.5 Å². The van der Waals surface area contributed by atoms with E-state index in [-0.39, 0.29) is 12.3 Å². The first-order valence-corrected chi connectivity index (χ1v) is 8.29. The van der Waals surface area contributed by atoms with Crippen LogP contribution in [0.15, 0.2) is 30.3 Å². The summed E-state index contributed by atoms with van der Waals surface area (Å²) >= 11 is 0. The summed E-state index contributed by atoms with van der Waals surface area (Å²) in [4.78, 5) is 24.8. The van der Waals surface area contributed by atoms with Gasteiger partial charge in [0.2, 0.25) is 5.91 Å². The van der Waals surface area contributed by atoms with Gasteiger partial charge in [0.25, 0.3) is 0 Å². The third-order valence-corrected chi connectivity index (χ3v) is 4.50. The molecule has 0 radical (unpaired) electrons. The second-order valence-corrected chi connectivity index (χ2v) is 6.42.